The average molecular weight is 350 g/mol. The van der Waals surface area contributed by atoms with Crippen LogP contribution in [0.5, 0.6) is 0 Å². The molecule has 0 aliphatic rings. The van der Waals surface area contributed by atoms with E-state index in [0.717, 1.165) is 6.42 Å². The van der Waals surface area contributed by atoms with E-state index in [-0.39, 0.29) is 30.8 Å². The smallest absolute Gasteiger partial charge is 0.355 e. The van der Waals surface area contributed by atoms with Crippen molar-refractivity contribution in [3.63, 3.8) is 0 Å². The van der Waals surface area contributed by atoms with Crippen molar-refractivity contribution in [3.05, 3.63) is 22.5 Å². The Morgan fingerprint density at radius 2 is 1.76 bits per heavy atom. The molecule has 0 unspecified atom stereocenters. The number of ether oxygens (including phenoxy) is 1. The molecule has 6 heteroatoms. The third kappa shape index (κ3) is 4.50. The van der Waals surface area contributed by atoms with Gasteiger partial charge in [-0.05, 0) is 32.8 Å². The highest BCUT2D eigenvalue weighted by Gasteiger charge is 2.27. The molecule has 0 spiro atoms. The Bertz CT molecular complexity index is 659. The molecule has 0 aliphatic carbocycles. The Balaban J connectivity index is 3.19. The van der Waals surface area contributed by atoms with Gasteiger partial charge in [-0.3, -0.25) is 9.59 Å². The summed E-state index contributed by atoms with van der Waals surface area (Å²) in [6, 6.07) is 0. The molecule has 0 radical (unpaired) electrons. The lowest BCUT2D eigenvalue weighted by atomic mass is 10.0. The molecule has 1 aromatic heterocycles. The summed E-state index contributed by atoms with van der Waals surface area (Å²) in [7, 11) is 1.74. The third-order valence-corrected chi connectivity index (χ3v) is 4.31. The van der Waals surface area contributed by atoms with Gasteiger partial charge < -0.3 is 14.2 Å². The van der Waals surface area contributed by atoms with Crippen molar-refractivity contribution in [3.8, 4) is 0 Å². The zero-order valence-electron chi connectivity index (χ0n) is 16.4. The number of carbonyl (C=O) groups excluding carboxylic acids is 3. The normalized spacial score (nSPS) is 10.9. The molecule has 0 aromatic carbocycles. The minimum Gasteiger partial charge on any atom is -0.461 e. The zero-order valence-corrected chi connectivity index (χ0v) is 16.4. The monoisotopic (exact) mass is 350 g/mol. The second-order valence-electron chi connectivity index (χ2n) is 6.55. The van der Waals surface area contributed by atoms with Crippen molar-refractivity contribution in [2.24, 2.45) is 13.0 Å². The minimum atomic E-state index is -0.437. The van der Waals surface area contributed by atoms with Crippen LogP contribution in [0.3, 0.4) is 0 Å². The van der Waals surface area contributed by atoms with Gasteiger partial charge in [0, 0.05) is 30.8 Å². The first kappa shape index (κ1) is 20.9. The summed E-state index contributed by atoms with van der Waals surface area (Å²) in [4.78, 5) is 39.0. The van der Waals surface area contributed by atoms with Crippen LogP contribution in [-0.2, 0) is 16.6 Å². The second-order valence-corrected chi connectivity index (χ2v) is 6.55. The van der Waals surface area contributed by atoms with E-state index < -0.39 is 5.97 Å². The Hall–Kier alpha value is -2.11. The molecule has 0 N–H and O–H groups in total. The largest absolute Gasteiger partial charge is 0.461 e. The minimum absolute atomic E-state index is 0.0266. The number of esters is 1. The van der Waals surface area contributed by atoms with Crippen LogP contribution in [0, 0.1) is 19.8 Å². The fourth-order valence-corrected chi connectivity index (χ4v) is 3.03. The molecule has 1 aromatic rings. The highest BCUT2D eigenvalue weighted by Crippen LogP contribution is 2.23. The van der Waals surface area contributed by atoms with Crippen molar-refractivity contribution in [1.82, 2.24) is 9.47 Å². The Labute approximate surface area is 150 Å². The van der Waals surface area contributed by atoms with Crippen molar-refractivity contribution in [1.29, 1.82) is 0 Å². The lowest BCUT2D eigenvalue weighted by Crippen LogP contribution is -2.39. The first-order chi connectivity index (χ1) is 11.7. The molecule has 0 aliphatic heterocycles. The molecule has 0 saturated heterocycles. The van der Waals surface area contributed by atoms with Gasteiger partial charge >= 0.3 is 5.97 Å². The number of amides is 1. The number of aromatic nitrogens is 1. The summed E-state index contributed by atoms with van der Waals surface area (Å²) >= 11 is 0. The van der Waals surface area contributed by atoms with Crippen LogP contribution < -0.4 is 0 Å². The fourth-order valence-electron chi connectivity index (χ4n) is 3.03. The van der Waals surface area contributed by atoms with E-state index in [9.17, 15) is 14.4 Å². The van der Waals surface area contributed by atoms with Crippen molar-refractivity contribution < 1.29 is 19.1 Å². The highest BCUT2D eigenvalue weighted by molar-refractivity contribution is 6.04. The quantitative estimate of drug-likeness (QED) is 0.534. The molecule has 0 bridgehead atoms. The molecule has 6 nitrogen and oxygen atoms in total. The molecular formula is C19H30N2O4. The van der Waals surface area contributed by atoms with Gasteiger partial charge in [0.15, 0.2) is 5.78 Å². The zero-order chi connectivity index (χ0) is 19.3. The Kier molecular flexibility index (Phi) is 7.39. The molecule has 0 saturated carbocycles. The van der Waals surface area contributed by atoms with E-state index >= 15 is 0 Å². The van der Waals surface area contributed by atoms with Crippen molar-refractivity contribution in [2.45, 2.75) is 48.0 Å². The summed E-state index contributed by atoms with van der Waals surface area (Å²) in [5, 5.41) is 0. The maximum atomic E-state index is 12.9. The van der Waals surface area contributed by atoms with Gasteiger partial charge in [0.2, 0.25) is 5.91 Å². The molecule has 0 atom stereocenters. The fraction of sp³-hybridized carbons (Fsp3) is 0.632. The highest BCUT2D eigenvalue weighted by atomic mass is 16.5. The maximum Gasteiger partial charge on any atom is 0.355 e. The first-order valence-corrected chi connectivity index (χ1v) is 8.82. The van der Waals surface area contributed by atoms with Gasteiger partial charge in [-0.1, -0.05) is 20.8 Å². The number of hydrogen-bond acceptors (Lipinski definition) is 4. The molecule has 25 heavy (non-hydrogen) atoms. The van der Waals surface area contributed by atoms with Crippen LogP contribution >= 0.6 is 0 Å². The third-order valence-electron chi connectivity index (χ3n) is 4.31. The molecule has 1 heterocycles. The number of ketones is 1. The van der Waals surface area contributed by atoms with Crippen LogP contribution in [0.2, 0.25) is 0 Å². The van der Waals surface area contributed by atoms with Crippen LogP contribution in [0.25, 0.3) is 0 Å². The average Bonchev–Trinajstić information content (AvgIpc) is 2.76. The standard InChI is InChI=1S/C19H30N2O4/c1-8-10-21(18(23)12(3)4)11-15(22)16-13(5)17(19(24)25-9-2)20(7)14(16)6/h12H,8-11H2,1-7H3. The van der Waals surface area contributed by atoms with Crippen LogP contribution in [0.4, 0.5) is 0 Å². The Morgan fingerprint density at radius 1 is 1.16 bits per heavy atom. The van der Waals surface area contributed by atoms with Crippen LogP contribution in [0.1, 0.15) is 66.2 Å². The topological polar surface area (TPSA) is 68.6 Å². The van der Waals surface area contributed by atoms with E-state index in [1.807, 2.05) is 20.8 Å². The van der Waals surface area contributed by atoms with Crippen LogP contribution in [0.15, 0.2) is 0 Å². The van der Waals surface area contributed by atoms with Gasteiger partial charge in [0.1, 0.15) is 5.69 Å². The van der Waals surface area contributed by atoms with E-state index in [4.69, 9.17) is 4.74 Å². The van der Waals surface area contributed by atoms with Crippen LogP contribution in [-0.4, -0.2) is 46.8 Å². The van der Waals surface area contributed by atoms with Gasteiger partial charge in [0.25, 0.3) is 0 Å². The van der Waals surface area contributed by atoms with E-state index in [0.29, 0.717) is 29.1 Å². The first-order valence-electron chi connectivity index (χ1n) is 8.82. The molecule has 140 valence electrons. The van der Waals surface area contributed by atoms with Crippen molar-refractivity contribution >= 4 is 17.7 Å². The van der Waals surface area contributed by atoms with Gasteiger partial charge in [-0.25, -0.2) is 4.79 Å². The lowest BCUT2D eigenvalue weighted by Gasteiger charge is -2.23. The number of carbonyl (C=O) groups is 3. The number of rotatable bonds is 8. The number of nitrogens with zero attached hydrogens (tertiary/aromatic N) is 2. The van der Waals surface area contributed by atoms with E-state index in [1.54, 1.807) is 37.3 Å². The molecule has 0 fully saturated rings. The predicted molar refractivity (Wildman–Crippen MR) is 96.9 cm³/mol. The number of Topliss-reactive ketones (excluding diaryl/α,β-unsaturated/α-hetero) is 1. The van der Waals surface area contributed by atoms with E-state index in [1.165, 1.54) is 0 Å². The molecule has 1 rings (SSSR count). The number of hydrogen-bond donors (Lipinski definition) is 0. The lowest BCUT2D eigenvalue weighted by molar-refractivity contribution is -0.134. The second kappa shape index (κ2) is 8.83. The Morgan fingerprint density at radius 3 is 2.24 bits per heavy atom. The SMILES string of the molecule is CCCN(CC(=O)c1c(C)c(C(=O)OCC)n(C)c1C)C(=O)C(C)C. The molecular weight excluding hydrogens is 320 g/mol. The van der Waals surface area contributed by atoms with Gasteiger partial charge in [-0.15, -0.1) is 0 Å². The summed E-state index contributed by atoms with van der Waals surface area (Å²) in [5.74, 6) is -0.781. The summed E-state index contributed by atoms with van der Waals surface area (Å²) in [6.45, 7) is 11.8. The summed E-state index contributed by atoms with van der Waals surface area (Å²) in [6.07, 6.45) is 0.784. The van der Waals surface area contributed by atoms with Crippen molar-refractivity contribution in [2.75, 3.05) is 19.7 Å². The summed E-state index contributed by atoms with van der Waals surface area (Å²) < 4.78 is 6.78. The summed E-state index contributed by atoms with van der Waals surface area (Å²) in [5.41, 5.74) is 2.21. The van der Waals surface area contributed by atoms with Gasteiger partial charge in [-0.2, -0.15) is 0 Å². The van der Waals surface area contributed by atoms with Gasteiger partial charge in [0.05, 0.1) is 13.2 Å². The predicted octanol–water partition coefficient (Wildman–Crippen LogP) is 2.90. The van der Waals surface area contributed by atoms with E-state index in [2.05, 4.69) is 0 Å². The molecule has 1 amide bonds. The maximum absolute atomic E-state index is 12.9.